The zero-order chi connectivity index (χ0) is 21.4. The van der Waals surface area contributed by atoms with E-state index in [1.807, 2.05) is 0 Å². The number of benzene rings is 2. The number of amides is 1. The summed E-state index contributed by atoms with van der Waals surface area (Å²) in [5.41, 5.74) is 0.809. The molecule has 3 rings (SSSR count). The Morgan fingerprint density at radius 2 is 1.86 bits per heavy atom. The van der Waals surface area contributed by atoms with Crippen molar-refractivity contribution in [1.82, 2.24) is 4.31 Å². The summed E-state index contributed by atoms with van der Waals surface area (Å²) in [7, 11) is -0.692. The van der Waals surface area contributed by atoms with Gasteiger partial charge in [0.15, 0.2) is 0 Å². The van der Waals surface area contributed by atoms with Gasteiger partial charge in [0, 0.05) is 32.4 Å². The lowest BCUT2D eigenvalue weighted by Gasteiger charge is -2.16. The summed E-state index contributed by atoms with van der Waals surface area (Å²) in [5, 5.41) is 0. The maximum absolute atomic E-state index is 12.8. The fraction of sp³-hybridized carbons (Fsp3) is 0.250. The van der Waals surface area contributed by atoms with E-state index in [0.717, 1.165) is 22.0 Å². The molecule has 1 amide bonds. The molecule has 154 valence electrons. The van der Waals surface area contributed by atoms with E-state index >= 15 is 0 Å². The van der Waals surface area contributed by atoms with Gasteiger partial charge < -0.3 is 4.90 Å². The van der Waals surface area contributed by atoms with Crippen LogP contribution in [0.25, 0.3) is 6.08 Å². The monoisotopic (exact) mass is 424 g/mol. The lowest BCUT2D eigenvalue weighted by Crippen LogP contribution is -2.27. The lowest BCUT2D eigenvalue weighted by atomic mass is 10.1. The Morgan fingerprint density at radius 1 is 1.14 bits per heavy atom. The standard InChI is InChI=1S/C20H19F3N2O3S/c1-24(2)29(27,28)17-7-8-18-15(13-17)10-11-25(18)19(26)9-6-14-4-3-5-16(12-14)20(21,22)23/h3-9,12-13H,10-11H2,1-2H3/b9-6+. The average Bonchev–Trinajstić information content (AvgIpc) is 3.09. The van der Waals surface area contributed by atoms with Crippen LogP contribution in [0.4, 0.5) is 18.9 Å². The normalized spacial score (nSPS) is 14.6. The number of fused-ring (bicyclic) bond motifs is 1. The van der Waals surface area contributed by atoms with E-state index in [-0.39, 0.29) is 16.4 Å². The molecule has 0 bridgehead atoms. The Hall–Kier alpha value is -2.65. The minimum atomic E-state index is -4.45. The number of anilines is 1. The van der Waals surface area contributed by atoms with Gasteiger partial charge in [0.05, 0.1) is 10.5 Å². The highest BCUT2D eigenvalue weighted by Crippen LogP contribution is 2.32. The molecule has 2 aromatic carbocycles. The van der Waals surface area contributed by atoms with Gasteiger partial charge in [-0.05, 0) is 54.0 Å². The van der Waals surface area contributed by atoms with Gasteiger partial charge >= 0.3 is 6.18 Å². The molecule has 0 unspecified atom stereocenters. The van der Waals surface area contributed by atoms with Crippen molar-refractivity contribution in [2.45, 2.75) is 17.5 Å². The molecule has 0 N–H and O–H groups in total. The summed E-state index contributed by atoms with van der Waals surface area (Å²) in [6, 6.07) is 9.27. The quantitative estimate of drug-likeness (QED) is 0.706. The van der Waals surface area contributed by atoms with Crippen molar-refractivity contribution >= 4 is 27.7 Å². The van der Waals surface area contributed by atoms with Crippen LogP contribution in [0, 0.1) is 0 Å². The third-order valence-corrected chi connectivity index (χ3v) is 6.43. The molecular formula is C20H19F3N2O3S. The zero-order valence-electron chi connectivity index (χ0n) is 15.8. The molecule has 1 aliphatic rings. The van der Waals surface area contributed by atoms with Crippen molar-refractivity contribution < 1.29 is 26.4 Å². The van der Waals surface area contributed by atoms with Crippen LogP contribution < -0.4 is 4.90 Å². The van der Waals surface area contributed by atoms with Gasteiger partial charge in [-0.15, -0.1) is 0 Å². The highest BCUT2D eigenvalue weighted by molar-refractivity contribution is 7.89. The number of carbonyl (C=O) groups is 1. The van der Waals surface area contributed by atoms with Crippen molar-refractivity contribution in [1.29, 1.82) is 0 Å². The second kappa shape index (κ2) is 7.64. The predicted octanol–water partition coefficient (Wildman–Crippen LogP) is 3.56. The van der Waals surface area contributed by atoms with Gasteiger partial charge in [-0.3, -0.25) is 4.79 Å². The zero-order valence-corrected chi connectivity index (χ0v) is 16.6. The number of rotatable bonds is 4. The number of hydrogen-bond acceptors (Lipinski definition) is 3. The van der Waals surface area contributed by atoms with Crippen molar-refractivity contribution in [3.05, 3.63) is 65.2 Å². The van der Waals surface area contributed by atoms with E-state index in [1.165, 1.54) is 49.3 Å². The molecule has 1 heterocycles. The number of sulfonamides is 1. The summed E-state index contributed by atoms with van der Waals surface area (Å²) in [6.45, 7) is 0.368. The van der Waals surface area contributed by atoms with Gasteiger partial charge in [0.2, 0.25) is 10.0 Å². The molecule has 0 aromatic heterocycles. The summed E-state index contributed by atoms with van der Waals surface area (Å²) in [4.78, 5) is 14.2. The molecule has 0 saturated heterocycles. The highest BCUT2D eigenvalue weighted by atomic mass is 32.2. The Kier molecular flexibility index (Phi) is 5.55. The molecule has 9 heteroatoms. The van der Waals surface area contributed by atoms with Crippen LogP contribution in [-0.4, -0.2) is 39.3 Å². The number of nitrogens with zero attached hydrogens (tertiary/aromatic N) is 2. The molecule has 29 heavy (non-hydrogen) atoms. The Bertz CT molecular complexity index is 1080. The van der Waals surface area contributed by atoms with E-state index < -0.39 is 21.8 Å². The molecule has 0 spiro atoms. The van der Waals surface area contributed by atoms with Gasteiger partial charge in [0.25, 0.3) is 5.91 Å². The molecule has 5 nitrogen and oxygen atoms in total. The van der Waals surface area contributed by atoms with Crippen LogP contribution in [0.15, 0.2) is 53.4 Å². The largest absolute Gasteiger partial charge is 0.416 e. The second-order valence-corrected chi connectivity index (χ2v) is 8.93. The highest BCUT2D eigenvalue weighted by Gasteiger charge is 2.30. The van der Waals surface area contributed by atoms with Crippen LogP contribution in [0.2, 0.25) is 0 Å². The topological polar surface area (TPSA) is 57.7 Å². The first-order valence-electron chi connectivity index (χ1n) is 8.72. The average molecular weight is 424 g/mol. The number of alkyl halides is 3. The first kappa shape index (κ1) is 21.1. The van der Waals surface area contributed by atoms with E-state index in [2.05, 4.69) is 0 Å². The van der Waals surface area contributed by atoms with Crippen LogP contribution in [0.3, 0.4) is 0 Å². The summed E-state index contributed by atoms with van der Waals surface area (Å²) < 4.78 is 64.0. The van der Waals surface area contributed by atoms with E-state index in [1.54, 1.807) is 12.1 Å². The van der Waals surface area contributed by atoms with Gasteiger partial charge in [0.1, 0.15) is 0 Å². The van der Waals surface area contributed by atoms with Gasteiger partial charge in [-0.1, -0.05) is 12.1 Å². The fourth-order valence-electron chi connectivity index (χ4n) is 3.05. The number of carbonyl (C=O) groups excluding carboxylic acids is 1. The third kappa shape index (κ3) is 4.35. The Labute approximate surface area is 167 Å². The molecule has 1 aliphatic heterocycles. The van der Waals surface area contributed by atoms with E-state index in [9.17, 15) is 26.4 Å². The SMILES string of the molecule is CN(C)S(=O)(=O)c1ccc2c(c1)CCN2C(=O)/C=C/c1cccc(C(F)(F)F)c1. The minimum absolute atomic E-state index is 0.148. The maximum atomic E-state index is 12.8. The summed E-state index contributed by atoms with van der Waals surface area (Å²) in [6.07, 6.45) is -1.41. The summed E-state index contributed by atoms with van der Waals surface area (Å²) in [5.74, 6) is -0.385. The van der Waals surface area contributed by atoms with Crippen molar-refractivity contribution in [2.24, 2.45) is 0 Å². The maximum Gasteiger partial charge on any atom is 0.416 e. The minimum Gasteiger partial charge on any atom is -0.308 e. The molecular weight excluding hydrogens is 405 g/mol. The second-order valence-electron chi connectivity index (χ2n) is 6.77. The molecule has 0 radical (unpaired) electrons. The molecule has 0 atom stereocenters. The molecule has 0 saturated carbocycles. The van der Waals surface area contributed by atoms with Crippen molar-refractivity contribution in [3.63, 3.8) is 0 Å². The van der Waals surface area contributed by atoms with Crippen LogP contribution in [0.1, 0.15) is 16.7 Å². The van der Waals surface area contributed by atoms with Crippen LogP contribution in [0.5, 0.6) is 0 Å². The fourth-order valence-corrected chi connectivity index (χ4v) is 4.01. The van der Waals surface area contributed by atoms with Crippen molar-refractivity contribution in [2.75, 3.05) is 25.5 Å². The smallest absolute Gasteiger partial charge is 0.308 e. The van der Waals surface area contributed by atoms with Crippen molar-refractivity contribution in [3.8, 4) is 0 Å². The van der Waals surface area contributed by atoms with E-state index in [4.69, 9.17) is 0 Å². The first-order chi connectivity index (χ1) is 13.5. The van der Waals surface area contributed by atoms with Crippen LogP contribution in [-0.2, 0) is 27.4 Å². The number of halogens is 3. The third-order valence-electron chi connectivity index (χ3n) is 4.62. The van der Waals surface area contributed by atoms with Gasteiger partial charge in [-0.2, -0.15) is 13.2 Å². The predicted molar refractivity (Wildman–Crippen MR) is 104 cm³/mol. The molecule has 2 aromatic rings. The van der Waals surface area contributed by atoms with E-state index in [0.29, 0.717) is 18.7 Å². The Morgan fingerprint density at radius 3 is 2.52 bits per heavy atom. The first-order valence-corrected chi connectivity index (χ1v) is 10.2. The molecule has 0 fully saturated rings. The van der Waals surface area contributed by atoms with Gasteiger partial charge in [-0.25, -0.2) is 12.7 Å². The molecule has 0 aliphatic carbocycles. The number of hydrogen-bond donors (Lipinski definition) is 0. The van der Waals surface area contributed by atoms with Crippen LogP contribution >= 0.6 is 0 Å². The summed E-state index contributed by atoms with van der Waals surface area (Å²) >= 11 is 0. The lowest BCUT2D eigenvalue weighted by molar-refractivity contribution is -0.137. The Balaban J connectivity index is 1.81.